The maximum atomic E-state index is 12.3. The predicted octanol–water partition coefficient (Wildman–Crippen LogP) is 2.29. The Balaban J connectivity index is 1.54. The lowest BCUT2D eigenvalue weighted by Gasteiger charge is -2.34. The van der Waals surface area contributed by atoms with Crippen LogP contribution in [-0.2, 0) is 6.54 Å². The van der Waals surface area contributed by atoms with Gasteiger partial charge in [-0.05, 0) is 29.1 Å². The zero-order chi connectivity index (χ0) is 14.7. The molecule has 3 rings (SSSR count). The molecule has 1 aromatic heterocycles. The summed E-state index contributed by atoms with van der Waals surface area (Å²) in [5.41, 5.74) is 8.65. The molecule has 110 valence electrons. The summed E-state index contributed by atoms with van der Waals surface area (Å²) in [6.07, 6.45) is 0. The molecule has 0 spiro atoms. The SMILES string of the molecule is Nc1cccc(CN2CCN(C(=O)c3ccsc3)CC2)c1. The van der Waals surface area contributed by atoms with E-state index in [1.54, 1.807) is 11.3 Å². The molecule has 2 heterocycles. The van der Waals surface area contributed by atoms with Gasteiger partial charge in [0.15, 0.2) is 0 Å². The van der Waals surface area contributed by atoms with Crippen molar-refractivity contribution in [2.75, 3.05) is 31.9 Å². The molecule has 4 nitrogen and oxygen atoms in total. The number of hydrogen-bond donors (Lipinski definition) is 1. The Kier molecular flexibility index (Phi) is 4.22. The molecule has 1 fully saturated rings. The summed E-state index contributed by atoms with van der Waals surface area (Å²) in [6.45, 7) is 4.29. The molecule has 1 saturated heterocycles. The quantitative estimate of drug-likeness (QED) is 0.885. The van der Waals surface area contributed by atoms with Crippen LogP contribution in [-0.4, -0.2) is 41.9 Å². The Hall–Kier alpha value is -1.85. The largest absolute Gasteiger partial charge is 0.399 e. The number of nitrogens with two attached hydrogens (primary N) is 1. The van der Waals surface area contributed by atoms with Gasteiger partial charge >= 0.3 is 0 Å². The van der Waals surface area contributed by atoms with Gasteiger partial charge in [0, 0.05) is 43.8 Å². The average molecular weight is 301 g/mol. The van der Waals surface area contributed by atoms with E-state index in [1.165, 1.54) is 5.56 Å². The van der Waals surface area contributed by atoms with Gasteiger partial charge in [-0.3, -0.25) is 9.69 Å². The molecule has 0 radical (unpaired) electrons. The van der Waals surface area contributed by atoms with E-state index in [0.717, 1.165) is 44.0 Å². The van der Waals surface area contributed by atoms with Crippen molar-refractivity contribution in [2.45, 2.75) is 6.54 Å². The zero-order valence-electron chi connectivity index (χ0n) is 11.9. The predicted molar refractivity (Wildman–Crippen MR) is 86.4 cm³/mol. The highest BCUT2D eigenvalue weighted by atomic mass is 32.1. The van der Waals surface area contributed by atoms with Gasteiger partial charge in [-0.15, -0.1) is 0 Å². The van der Waals surface area contributed by atoms with Gasteiger partial charge in [-0.25, -0.2) is 0 Å². The fraction of sp³-hybridized carbons (Fsp3) is 0.312. The molecule has 0 saturated carbocycles. The normalized spacial score (nSPS) is 16.1. The highest BCUT2D eigenvalue weighted by molar-refractivity contribution is 7.08. The summed E-state index contributed by atoms with van der Waals surface area (Å²) in [4.78, 5) is 16.6. The summed E-state index contributed by atoms with van der Waals surface area (Å²) < 4.78 is 0. The lowest BCUT2D eigenvalue weighted by molar-refractivity contribution is 0.0629. The number of nitrogens with zero attached hydrogens (tertiary/aromatic N) is 2. The Labute approximate surface area is 128 Å². The van der Waals surface area contributed by atoms with Crippen molar-refractivity contribution >= 4 is 22.9 Å². The molecule has 1 amide bonds. The number of nitrogen functional groups attached to an aromatic ring is 1. The minimum absolute atomic E-state index is 0.153. The van der Waals surface area contributed by atoms with E-state index in [4.69, 9.17) is 5.73 Å². The maximum Gasteiger partial charge on any atom is 0.254 e. The van der Waals surface area contributed by atoms with Crippen LogP contribution < -0.4 is 5.73 Å². The topological polar surface area (TPSA) is 49.6 Å². The number of carbonyl (C=O) groups is 1. The van der Waals surface area contributed by atoms with Crippen LogP contribution in [0.15, 0.2) is 41.1 Å². The molecule has 0 bridgehead atoms. The van der Waals surface area contributed by atoms with E-state index in [-0.39, 0.29) is 5.91 Å². The number of amides is 1. The number of thiophene rings is 1. The van der Waals surface area contributed by atoms with Crippen LogP contribution in [0, 0.1) is 0 Å². The van der Waals surface area contributed by atoms with Crippen LogP contribution in [0.2, 0.25) is 0 Å². The first-order valence-electron chi connectivity index (χ1n) is 7.10. The van der Waals surface area contributed by atoms with Crippen molar-refractivity contribution < 1.29 is 4.79 Å². The molecule has 0 unspecified atom stereocenters. The van der Waals surface area contributed by atoms with Gasteiger partial charge in [0.25, 0.3) is 5.91 Å². The van der Waals surface area contributed by atoms with E-state index in [2.05, 4.69) is 11.0 Å². The molecule has 1 aromatic carbocycles. The first kappa shape index (κ1) is 14.1. The maximum absolute atomic E-state index is 12.3. The van der Waals surface area contributed by atoms with E-state index >= 15 is 0 Å². The summed E-state index contributed by atoms with van der Waals surface area (Å²) in [6, 6.07) is 9.90. The van der Waals surface area contributed by atoms with Crippen LogP contribution in [0.5, 0.6) is 0 Å². The van der Waals surface area contributed by atoms with E-state index in [9.17, 15) is 4.79 Å². The van der Waals surface area contributed by atoms with Gasteiger partial charge in [0.2, 0.25) is 0 Å². The number of hydrogen-bond acceptors (Lipinski definition) is 4. The average Bonchev–Trinajstić information content (AvgIpc) is 3.01. The van der Waals surface area contributed by atoms with E-state index in [1.807, 2.05) is 39.9 Å². The van der Waals surface area contributed by atoms with E-state index in [0.29, 0.717) is 0 Å². The van der Waals surface area contributed by atoms with Crippen molar-refractivity contribution in [1.29, 1.82) is 0 Å². The van der Waals surface area contributed by atoms with Gasteiger partial charge < -0.3 is 10.6 Å². The third kappa shape index (κ3) is 3.43. The Bertz CT molecular complexity index is 604. The number of piperazine rings is 1. The molecule has 2 N–H and O–H groups in total. The smallest absolute Gasteiger partial charge is 0.254 e. The summed E-state index contributed by atoms with van der Waals surface area (Å²) in [5, 5.41) is 3.87. The highest BCUT2D eigenvalue weighted by Gasteiger charge is 2.22. The monoisotopic (exact) mass is 301 g/mol. The molecular formula is C16H19N3OS. The second-order valence-electron chi connectivity index (χ2n) is 5.33. The molecule has 2 aromatic rings. The van der Waals surface area contributed by atoms with Gasteiger partial charge in [-0.2, -0.15) is 11.3 Å². The van der Waals surface area contributed by atoms with Crippen molar-refractivity contribution in [1.82, 2.24) is 9.80 Å². The molecule has 21 heavy (non-hydrogen) atoms. The number of benzene rings is 1. The lowest BCUT2D eigenvalue weighted by Crippen LogP contribution is -2.48. The second kappa shape index (κ2) is 6.28. The Morgan fingerprint density at radius 1 is 1.19 bits per heavy atom. The Morgan fingerprint density at radius 2 is 2.00 bits per heavy atom. The van der Waals surface area contributed by atoms with E-state index < -0.39 is 0 Å². The number of rotatable bonds is 3. The summed E-state index contributed by atoms with van der Waals surface area (Å²) in [7, 11) is 0. The van der Waals surface area contributed by atoms with Crippen LogP contribution in [0.3, 0.4) is 0 Å². The van der Waals surface area contributed by atoms with Crippen LogP contribution in [0.1, 0.15) is 15.9 Å². The van der Waals surface area contributed by atoms with Crippen molar-refractivity contribution in [3.8, 4) is 0 Å². The minimum atomic E-state index is 0.153. The molecule has 1 aliphatic rings. The van der Waals surface area contributed by atoms with Gasteiger partial charge in [0.05, 0.1) is 5.56 Å². The van der Waals surface area contributed by atoms with Crippen LogP contribution in [0.25, 0.3) is 0 Å². The third-order valence-electron chi connectivity index (χ3n) is 3.78. The lowest BCUT2D eigenvalue weighted by atomic mass is 10.1. The van der Waals surface area contributed by atoms with Crippen molar-refractivity contribution in [3.05, 3.63) is 52.2 Å². The van der Waals surface area contributed by atoms with Gasteiger partial charge in [-0.1, -0.05) is 12.1 Å². The molecule has 5 heteroatoms. The third-order valence-corrected chi connectivity index (χ3v) is 4.47. The van der Waals surface area contributed by atoms with Gasteiger partial charge in [0.1, 0.15) is 0 Å². The van der Waals surface area contributed by atoms with Crippen LogP contribution >= 0.6 is 11.3 Å². The fourth-order valence-electron chi connectivity index (χ4n) is 2.63. The molecule has 1 aliphatic heterocycles. The van der Waals surface area contributed by atoms with Crippen molar-refractivity contribution in [3.63, 3.8) is 0 Å². The Morgan fingerprint density at radius 3 is 2.67 bits per heavy atom. The summed E-state index contributed by atoms with van der Waals surface area (Å²) in [5.74, 6) is 0.153. The van der Waals surface area contributed by atoms with Crippen LogP contribution in [0.4, 0.5) is 5.69 Å². The minimum Gasteiger partial charge on any atom is -0.399 e. The molecule has 0 aliphatic carbocycles. The number of anilines is 1. The standard InChI is InChI=1S/C16H19N3OS/c17-15-3-1-2-13(10-15)11-18-5-7-19(8-6-18)16(20)14-4-9-21-12-14/h1-4,9-10,12H,5-8,11,17H2. The molecule has 0 atom stereocenters. The fourth-order valence-corrected chi connectivity index (χ4v) is 3.26. The highest BCUT2D eigenvalue weighted by Crippen LogP contribution is 2.14. The second-order valence-corrected chi connectivity index (χ2v) is 6.11. The summed E-state index contributed by atoms with van der Waals surface area (Å²) >= 11 is 1.57. The zero-order valence-corrected chi connectivity index (χ0v) is 12.7. The first-order chi connectivity index (χ1) is 10.2. The van der Waals surface area contributed by atoms with Crippen molar-refractivity contribution in [2.24, 2.45) is 0 Å². The first-order valence-corrected chi connectivity index (χ1v) is 8.05. The molecular weight excluding hydrogens is 282 g/mol. The number of carbonyl (C=O) groups excluding carboxylic acids is 1.